The Morgan fingerprint density at radius 2 is 1.97 bits per heavy atom. The molecule has 166 valence electrons. The van der Waals surface area contributed by atoms with Gasteiger partial charge in [-0.2, -0.15) is 0 Å². The summed E-state index contributed by atoms with van der Waals surface area (Å²) in [6.07, 6.45) is -1.20. The van der Waals surface area contributed by atoms with E-state index in [0.29, 0.717) is 29.7 Å². The first-order valence-corrected chi connectivity index (χ1v) is 10.5. The standard InChI is InChI=1S/C22H19Cl2N3O5/c1-10-12-4-2-3-5-15(12)32-18(10)21(29)27-7-6-13-11(9-27)8-14(23)16(17(13)24)20(28)26-19(25)22(30)31/h2-5,8,19H,6-7,9,25H2,1H3,(H,26,28)(H,30,31)/t19-/m1/s1. The lowest BCUT2D eigenvalue weighted by molar-refractivity contribution is -0.139. The Balaban J connectivity index is 1.61. The van der Waals surface area contributed by atoms with Crippen molar-refractivity contribution in [2.24, 2.45) is 5.73 Å². The van der Waals surface area contributed by atoms with E-state index < -0.39 is 18.0 Å². The minimum Gasteiger partial charge on any atom is -0.479 e. The number of para-hydroxylation sites is 1. The fraction of sp³-hybridized carbons (Fsp3) is 0.227. The van der Waals surface area contributed by atoms with Crippen LogP contribution in [0.3, 0.4) is 0 Å². The topological polar surface area (TPSA) is 126 Å². The number of fused-ring (bicyclic) bond motifs is 2. The van der Waals surface area contributed by atoms with Crippen LogP contribution in [0.5, 0.6) is 0 Å². The number of carboxylic acids is 1. The molecule has 0 unspecified atom stereocenters. The van der Waals surface area contributed by atoms with Crippen molar-refractivity contribution in [3.8, 4) is 0 Å². The van der Waals surface area contributed by atoms with Crippen LogP contribution >= 0.6 is 23.2 Å². The first-order valence-electron chi connectivity index (χ1n) is 9.75. The minimum absolute atomic E-state index is 0.0399. The fourth-order valence-electron chi connectivity index (χ4n) is 3.83. The van der Waals surface area contributed by atoms with Crippen molar-refractivity contribution in [3.63, 3.8) is 0 Å². The van der Waals surface area contributed by atoms with Gasteiger partial charge in [0, 0.05) is 24.0 Å². The third-order valence-electron chi connectivity index (χ3n) is 5.51. The van der Waals surface area contributed by atoms with E-state index in [4.69, 9.17) is 38.5 Å². The average Bonchev–Trinajstić information content (AvgIpc) is 3.09. The maximum Gasteiger partial charge on any atom is 0.341 e. The van der Waals surface area contributed by atoms with Gasteiger partial charge in [0.2, 0.25) is 0 Å². The van der Waals surface area contributed by atoms with Gasteiger partial charge in [-0.3, -0.25) is 9.59 Å². The molecule has 0 aliphatic carbocycles. The molecule has 0 spiro atoms. The van der Waals surface area contributed by atoms with Crippen molar-refractivity contribution < 1.29 is 23.9 Å². The maximum absolute atomic E-state index is 13.2. The Morgan fingerprint density at radius 1 is 1.25 bits per heavy atom. The van der Waals surface area contributed by atoms with Crippen molar-refractivity contribution in [1.29, 1.82) is 0 Å². The molecule has 0 saturated carbocycles. The van der Waals surface area contributed by atoms with Crippen molar-refractivity contribution >= 4 is 52.0 Å². The summed E-state index contributed by atoms with van der Waals surface area (Å²) in [7, 11) is 0. The van der Waals surface area contributed by atoms with Crippen LogP contribution in [0.1, 0.15) is 37.6 Å². The second-order valence-corrected chi connectivity index (χ2v) is 8.29. The van der Waals surface area contributed by atoms with Crippen molar-refractivity contribution in [2.75, 3.05) is 6.54 Å². The van der Waals surface area contributed by atoms with Crippen LogP contribution in [0.15, 0.2) is 34.7 Å². The second-order valence-electron chi connectivity index (χ2n) is 7.50. The summed E-state index contributed by atoms with van der Waals surface area (Å²) < 4.78 is 5.80. The van der Waals surface area contributed by atoms with Gasteiger partial charge in [0.05, 0.1) is 15.6 Å². The largest absolute Gasteiger partial charge is 0.479 e. The molecule has 2 amide bonds. The lowest BCUT2D eigenvalue weighted by atomic mass is 9.96. The second kappa shape index (κ2) is 8.46. The van der Waals surface area contributed by atoms with Crippen LogP contribution in [-0.4, -0.2) is 40.5 Å². The number of rotatable bonds is 4. The third kappa shape index (κ3) is 3.81. The first-order chi connectivity index (χ1) is 15.2. The SMILES string of the molecule is Cc1c(C(=O)N2CCc3c(cc(Cl)c(C(=O)N[C@@H](N)C(=O)O)c3Cl)C2)oc2ccccc12. The molecule has 4 rings (SSSR count). The molecule has 1 aromatic heterocycles. The van der Waals surface area contributed by atoms with E-state index in [-0.39, 0.29) is 33.8 Å². The molecule has 4 N–H and O–H groups in total. The summed E-state index contributed by atoms with van der Waals surface area (Å²) >= 11 is 12.7. The van der Waals surface area contributed by atoms with Crippen molar-refractivity contribution in [2.45, 2.75) is 26.1 Å². The number of carbonyl (C=O) groups excluding carboxylic acids is 2. The molecular weight excluding hydrogens is 457 g/mol. The predicted octanol–water partition coefficient (Wildman–Crippen LogP) is 3.35. The molecule has 1 aliphatic heterocycles. The molecule has 8 nitrogen and oxygen atoms in total. The van der Waals surface area contributed by atoms with E-state index in [1.807, 2.05) is 31.2 Å². The molecule has 3 aromatic rings. The zero-order chi connectivity index (χ0) is 23.2. The summed E-state index contributed by atoms with van der Waals surface area (Å²) in [5, 5.41) is 12.1. The summed E-state index contributed by atoms with van der Waals surface area (Å²) in [6.45, 7) is 2.44. The Kier molecular flexibility index (Phi) is 5.85. The number of aryl methyl sites for hydroxylation is 1. The predicted molar refractivity (Wildman–Crippen MR) is 119 cm³/mol. The third-order valence-corrected chi connectivity index (χ3v) is 6.22. The Bertz CT molecular complexity index is 1270. The van der Waals surface area contributed by atoms with Gasteiger partial charge in [-0.1, -0.05) is 41.4 Å². The summed E-state index contributed by atoms with van der Waals surface area (Å²) in [5.41, 5.74) is 8.12. The van der Waals surface area contributed by atoms with Gasteiger partial charge in [-0.15, -0.1) is 0 Å². The van der Waals surface area contributed by atoms with E-state index in [1.54, 1.807) is 11.0 Å². The highest BCUT2D eigenvalue weighted by atomic mass is 35.5. The molecule has 2 aromatic carbocycles. The Labute approximate surface area is 192 Å². The van der Waals surface area contributed by atoms with E-state index >= 15 is 0 Å². The number of halogens is 2. The smallest absolute Gasteiger partial charge is 0.341 e. The number of carbonyl (C=O) groups is 3. The number of nitrogens with zero attached hydrogens (tertiary/aromatic N) is 1. The van der Waals surface area contributed by atoms with Crippen molar-refractivity contribution in [1.82, 2.24) is 10.2 Å². The van der Waals surface area contributed by atoms with Gasteiger partial charge in [-0.05, 0) is 36.6 Å². The number of nitrogens with two attached hydrogens (primary N) is 1. The van der Waals surface area contributed by atoms with E-state index in [9.17, 15) is 14.4 Å². The first kappa shape index (κ1) is 22.1. The highest BCUT2D eigenvalue weighted by Gasteiger charge is 2.30. The quantitative estimate of drug-likeness (QED) is 0.496. The molecule has 0 radical (unpaired) electrons. The molecule has 0 saturated heterocycles. The number of benzene rings is 2. The number of nitrogens with one attached hydrogen (secondary N) is 1. The van der Waals surface area contributed by atoms with Gasteiger partial charge in [0.25, 0.3) is 11.8 Å². The zero-order valence-electron chi connectivity index (χ0n) is 16.9. The number of amides is 2. The van der Waals surface area contributed by atoms with E-state index in [2.05, 4.69) is 5.32 Å². The van der Waals surface area contributed by atoms with Crippen LogP contribution < -0.4 is 11.1 Å². The van der Waals surface area contributed by atoms with E-state index in [1.165, 1.54) is 0 Å². The summed E-state index contributed by atoms with van der Waals surface area (Å²) in [5.74, 6) is -2.14. The lowest BCUT2D eigenvalue weighted by Gasteiger charge is -2.30. The molecule has 0 fully saturated rings. The van der Waals surface area contributed by atoms with E-state index in [0.717, 1.165) is 10.9 Å². The molecule has 1 atom stereocenters. The lowest BCUT2D eigenvalue weighted by Crippen LogP contribution is -2.47. The normalized spacial score (nSPS) is 14.2. The van der Waals surface area contributed by atoms with Gasteiger partial charge in [0.15, 0.2) is 11.9 Å². The highest BCUT2D eigenvalue weighted by molar-refractivity contribution is 6.40. The van der Waals surface area contributed by atoms with Crippen LogP contribution in [0.4, 0.5) is 0 Å². The molecule has 2 heterocycles. The van der Waals surface area contributed by atoms with Crippen LogP contribution in [0.2, 0.25) is 10.0 Å². The number of aliphatic carboxylic acids is 1. The number of hydrogen-bond donors (Lipinski definition) is 3. The highest BCUT2D eigenvalue weighted by Crippen LogP contribution is 2.35. The van der Waals surface area contributed by atoms with Gasteiger partial charge in [-0.25, -0.2) is 4.79 Å². The maximum atomic E-state index is 13.2. The number of carboxylic acid groups (broad SMARTS) is 1. The molecule has 10 heteroatoms. The Hall–Kier alpha value is -3.07. The monoisotopic (exact) mass is 475 g/mol. The molecule has 32 heavy (non-hydrogen) atoms. The molecule has 1 aliphatic rings. The number of furan rings is 1. The van der Waals surface area contributed by atoms with Gasteiger partial charge >= 0.3 is 5.97 Å². The summed E-state index contributed by atoms with van der Waals surface area (Å²) in [6, 6.07) is 9.01. The van der Waals surface area contributed by atoms with Crippen LogP contribution in [0.25, 0.3) is 11.0 Å². The fourth-order valence-corrected chi connectivity index (χ4v) is 4.59. The van der Waals surface area contributed by atoms with Crippen LogP contribution in [-0.2, 0) is 17.8 Å². The molecule has 0 bridgehead atoms. The zero-order valence-corrected chi connectivity index (χ0v) is 18.5. The van der Waals surface area contributed by atoms with Crippen molar-refractivity contribution in [3.05, 3.63) is 68.4 Å². The summed E-state index contributed by atoms with van der Waals surface area (Å²) in [4.78, 5) is 38.2. The van der Waals surface area contributed by atoms with Crippen LogP contribution in [0, 0.1) is 6.92 Å². The minimum atomic E-state index is -1.59. The van der Waals surface area contributed by atoms with Gasteiger partial charge < -0.3 is 25.5 Å². The average molecular weight is 476 g/mol. The number of hydrogen-bond acceptors (Lipinski definition) is 5. The Morgan fingerprint density at radius 3 is 2.66 bits per heavy atom. The molecular formula is C22H19Cl2N3O5. The van der Waals surface area contributed by atoms with Gasteiger partial charge in [0.1, 0.15) is 5.58 Å².